The molecule has 2 rings (SSSR count). The van der Waals surface area contributed by atoms with Crippen molar-refractivity contribution in [1.29, 1.82) is 0 Å². The summed E-state index contributed by atoms with van der Waals surface area (Å²) >= 11 is 0. The van der Waals surface area contributed by atoms with Crippen molar-refractivity contribution in [1.82, 2.24) is 0 Å². The van der Waals surface area contributed by atoms with E-state index in [0.29, 0.717) is 6.07 Å². The summed E-state index contributed by atoms with van der Waals surface area (Å²) in [5.74, 6) is -0.781. The molecule has 0 N–H and O–H groups in total. The quantitative estimate of drug-likeness (QED) is 0.584. The van der Waals surface area contributed by atoms with Gasteiger partial charge in [-0.2, -0.15) is 13.2 Å². The van der Waals surface area contributed by atoms with Crippen LogP contribution in [0.1, 0.15) is 33.3 Å². The number of benzene rings is 1. The van der Waals surface area contributed by atoms with E-state index >= 15 is 0 Å². The van der Waals surface area contributed by atoms with Gasteiger partial charge in [0.25, 0.3) is 0 Å². The van der Waals surface area contributed by atoms with Gasteiger partial charge in [-0.25, -0.2) is 4.39 Å². The minimum Gasteiger partial charge on any atom is -0.399 e. The lowest BCUT2D eigenvalue weighted by Gasteiger charge is -2.32. The molecule has 1 aromatic rings. The van der Waals surface area contributed by atoms with Crippen molar-refractivity contribution in [3.05, 3.63) is 29.6 Å². The van der Waals surface area contributed by atoms with E-state index in [1.54, 1.807) is 27.7 Å². The minimum atomic E-state index is -4.54. The largest absolute Gasteiger partial charge is 0.497 e. The van der Waals surface area contributed by atoms with Crippen LogP contribution < -0.4 is 5.46 Å². The summed E-state index contributed by atoms with van der Waals surface area (Å²) in [5, 5.41) is 0. The fourth-order valence-electron chi connectivity index (χ4n) is 1.87. The Bertz CT molecular complexity index is 510. The van der Waals surface area contributed by atoms with Gasteiger partial charge in [0, 0.05) is 5.46 Å². The van der Waals surface area contributed by atoms with Crippen LogP contribution in [0.5, 0.6) is 0 Å². The Hall–Kier alpha value is -1.08. The van der Waals surface area contributed by atoms with Crippen molar-refractivity contribution in [3.63, 3.8) is 0 Å². The second kappa shape index (κ2) is 4.46. The molecule has 0 bridgehead atoms. The first-order chi connectivity index (χ1) is 8.94. The summed E-state index contributed by atoms with van der Waals surface area (Å²) in [4.78, 5) is 0. The first kappa shape index (κ1) is 15.3. The van der Waals surface area contributed by atoms with Crippen LogP contribution in [0.25, 0.3) is 0 Å². The van der Waals surface area contributed by atoms with Gasteiger partial charge in [0.2, 0.25) is 0 Å². The third kappa shape index (κ3) is 2.56. The van der Waals surface area contributed by atoms with Gasteiger partial charge in [-0.3, -0.25) is 0 Å². The molecule has 1 heterocycles. The van der Waals surface area contributed by atoms with Crippen LogP contribution in [0.2, 0.25) is 0 Å². The van der Waals surface area contributed by atoms with Crippen molar-refractivity contribution in [2.75, 3.05) is 0 Å². The summed E-state index contributed by atoms with van der Waals surface area (Å²) < 4.78 is 63.0. The lowest BCUT2D eigenvalue weighted by atomic mass is 9.78. The molecule has 0 atom stereocenters. The van der Waals surface area contributed by atoms with Crippen LogP contribution in [-0.4, -0.2) is 18.3 Å². The smallest absolute Gasteiger partial charge is 0.399 e. The number of hydrogen-bond acceptors (Lipinski definition) is 2. The average Bonchev–Trinajstić information content (AvgIpc) is 2.46. The Balaban J connectivity index is 2.40. The molecule has 0 aromatic heterocycles. The zero-order valence-electron chi connectivity index (χ0n) is 11.6. The predicted octanol–water partition coefficient (Wildman–Crippen LogP) is 3.14. The number of alkyl halides is 3. The summed E-state index contributed by atoms with van der Waals surface area (Å²) in [7, 11) is -1.15. The zero-order chi connectivity index (χ0) is 15.3. The summed E-state index contributed by atoms with van der Waals surface area (Å²) in [5.41, 5.74) is -2.64. The summed E-state index contributed by atoms with van der Waals surface area (Å²) in [6.45, 7) is 6.99. The third-order valence-electron chi connectivity index (χ3n) is 3.83. The number of halogens is 4. The van der Waals surface area contributed by atoms with Crippen LogP contribution in [0.15, 0.2) is 18.2 Å². The van der Waals surface area contributed by atoms with Crippen molar-refractivity contribution < 1.29 is 26.9 Å². The lowest BCUT2D eigenvalue weighted by Crippen LogP contribution is -2.41. The molecule has 0 saturated carbocycles. The first-order valence-electron chi connectivity index (χ1n) is 6.16. The SMILES string of the molecule is CC1(C)OB(c2cc(C(F)(F)F)ccc2F)OC1(C)C. The van der Waals surface area contributed by atoms with E-state index in [-0.39, 0.29) is 5.46 Å². The maximum atomic E-state index is 13.8. The fraction of sp³-hybridized carbons (Fsp3) is 0.538. The van der Waals surface area contributed by atoms with E-state index in [9.17, 15) is 17.6 Å². The van der Waals surface area contributed by atoms with Gasteiger partial charge < -0.3 is 9.31 Å². The average molecular weight is 290 g/mol. The zero-order valence-corrected chi connectivity index (χ0v) is 11.6. The van der Waals surface area contributed by atoms with Crippen molar-refractivity contribution in [2.24, 2.45) is 0 Å². The van der Waals surface area contributed by atoms with Crippen LogP contribution in [0.3, 0.4) is 0 Å². The third-order valence-corrected chi connectivity index (χ3v) is 3.83. The van der Waals surface area contributed by atoms with Crippen molar-refractivity contribution in [3.8, 4) is 0 Å². The highest BCUT2D eigenvalue weighted by Crippen LogP contribution is 2.37. The Morgan fingerprint density at radius 2 is 1.50 bits per heavy atom. The summed E-state index contributed by atoms with van der Waals surface area (Å²) in [6.07, 6.45) is -4.54. The highest BCUT2D eigenvalue weighted by atomic mass is 19.4. The van der Waals surface area contributed by atoms with Crippen LogP contribution in [0.4, 0.5) is 17.6 Å². The van der Waals surface area contributed by atoms with E-state index in [4.69, 9.17) is 9.31 Å². The molecule has 1 fully saturated rings. The van der Waals surface area contributed by atoms with Gasteiger partial charge in [-0.1, -0.05) is 0 Å². The highest BCUT2D eigenvalue weighted by Gasteiger charge is 2.52. The second-order valence-electron chi connectivity index (χ2n) is 5.82. The van der Waals surface area contributed by atoms with E-state index in [0.717, 1.165) is 12.1 Å². The molecular weight excluding hydrogens is 275 g/mol. The fourth-order valence-corrected chi connectivity index (χ4v) is 1.87. The molecule has 1 aliphatic rings. The Labute approximate surface area is 115 Å². The lowest BCUT2D eigenvalue weighted by molar-refractivity contribution is -0.137. The molecule has 110 valence electrons. The Morgan fingerprint density at radius 1 is 1.00 bits per heavy atom. The standard InChI is InChI=1S/C13H15BF4O2/c1-11(2)12(3,4)20-14(19-11)9-7-8(13(16,17)18)5-6-10(9)15/h5-7H,1-4H3. The van der Waals surface area contributed by atoms with Gasteiger partial charge in [-0.05, 0) is 45.9 Å². The molecule has 2 nitrogen and oxygen atoms in total. The molecule has 1 aliphatic heterocycles. The van der Waals surface area contributed by atoms with Gasteiger partial charge in [0.05, 0.1) is 16.8 Å². The van der Waals surface area contributed by atoms with Crippen molar-refractivity contribution >= 4 is 12.6 Å². The monoisotopic (exact) mass is 290 g/mol. The molecular formula is C13H15BF4O2. The molecule has 20 heavy (non-hydrogen) atoms. The molecule has 1 saturated heterocycles. The van der Waals surface area contributed by atoms with Gasteiger partial charge in [0.15, 0.2) is 0 Å². The normalized spacial score (nSPS) is 21.3. The van der Waals surface area contributed by atoms with Gasteiger partial charge in [0.1, 0.15) is 5.82 Å². The van der Waals surface area contributed by atoms with E-state index in [1.807, 2.05) is 0 Å². The minimum absolute atomic E-state index is 0.238. The Kier molecular flexibility index (Phi) is 3.42. The predicted molar refractivity (Wildman–Crippen MR) is 67.1 cm³/mol. The van der Waals surface area contributed by atoms with E-state index < -0.39 is 35.9 Å². The summed E-state index contributed by atoms with van der Waals surface area (Å²) in [6, 6.07) is 2.21. The van der Waals surface area contributed by atoms with Crippen LogP contribution in [0, 0.1) is 5.82 Å². The Morgan fingerprint density at radius 3 is 1.95 bits per heavy atom. The molecule has 0 radical (unpaired) electrons. The van der Waals surface area contributed by atoms with Crippen LogP contribution in [-0.2, 0) is 15.5 Å². The number of hydrogen-bond donors (Lipinski definition) is 0. The molecule has 0 amide bonds. The molecule has 7 heteroatoms. The molecule has 0 aliphatic carbocycles. The van der Waals surface area contributed by atoms with Crippen LogP contribution >= 0.6 is 0 Å². The molecule has 1 aromatic carbocycles. The number of rotatable bonds is 1. The van der Waals surface area contributed by atoms with Gasteiger partial charge in [-0.15, -0.1) is 0 Å². The topological polar surface area (TPSA) is 18.5 Å². The van der Waals surface area contributed by atoms with E-state index in [2.05, 4.69) is 0 Å². The first-order valence-corrected chi connectivity index (χ1v) is 6.16. The van der Waals surface area contributed by atoms with E-state index in [1.165, 1.54) is 0 Å². The molecule has 0 spiro atoms. The molecule has 0 unspecified atom stereocenters. The highest BCUT2D eigenvalue weighted by molar-refractivity contribution is 6.62. The van der Waals surface area contributed by atoms with Gasteiger partial charge >= 0.3 is 13.3 Å². The van der Waals surface area contributed by atoms with Crippen molar-refractivity contribution in [2.45, 2.75) is 45.1 Å². The second-order valence-corrected chi connectivity index (χ2v) is 5.82. The maximum absolute atomic E-state index is 13.8. The maximum Gasteiger partial charge on any atom is 0.497 e.